The minimum Gasteiger partial charge on any atom is -0.370 e. The first kappa shape index (κ1) is 22.4. The van der Waals surface area contributed by atoms with Crippen LogP contribution >= 0.6 is 11.9 Å². The summed E-state index contributed by atoms with van der Waals surface area (Å²) < 4.78 is 18.8. The summed E-state index contributed by atoms with van der Waals surface area (Å²) in [6.07, 6.45) is 7.50. The minimum atomic E-state index is -0.264. The van der Waals surface area contributed by atoms with Gasteiger partial charge in [-0.3, -0.25) is 9.40 Å². The first-order chi connectivity index (χ1) is 15.6. The van der Waals surface area contributed by atoms with E-state index in [1.165, 1.54) is 18.3 Å². The zero-order chi connectivity index (χ0) is 22.5. The molecule has 8 heteroatoms. The Morgan fingerprint density at radius 2 is 2.09 bits per heavy atom. The van der Waals surface area contributed by atoms with Crippen molar-refractivity contribution in [3.8, 4) is 0 Å². The van der Waals surface area contributed by atoms with Gasteiger partial charge in [0.25, 0.3) is 0 Å². The topological polar surface area (TPSA) is 69.0 Å². The molecule has 3 aromatic rings. The molecule has 0 spiro atoms. The number of aryl methyl sites for hydroxylation is 2. The number of nitrogens with one attached hydrogen (secondary N) is 3. The van der Waals surface area contributed by atoms with Gasteiger partial charge in [-0.2, -0.15) is 5.10 Å². The second-order valence-electron chi connectivity index (χ2n) is 8.09. The molecular formula is C24H29FN6S. The average Bonchev–Trinajstić information content (AvgIpc) is 3.44. The van der Waals surface area contributed by atoms with Gasteiger partial charge in [0.1, 0.15) is 5.82 Å². The highest BCUT2D eigenvalue weighted by molar-refractivity contribution is 7.97. The van der Waals surface area contributed by atoms with E-state index in [2.05, 4.69) is 52.2 Å². The number of hydrogen-bond acceptors (Lipinski definition) is 6. The summed E-state index contributed by atoms with van der Waals surface area (Å²) in [5.74, 6) is -0.264. The van der Waals surface area contributed by atoms with Gasteiger partial charge in [-0.05, 0) is 73.7 Å². The molecule has 1 fully saturated rings. The fourth-order valence-electron chi connectivity index (χ4n) is 3.95. The van der Waals surface area contributed by atoms with Crippen molar-refractivity contribution in [3.05, 3.63) is 65.7 Å². The van der Waals surface area contributed by atoms with Crippen LogP contribution in [-0.4, -0.2) is 35.1 Å². The van der Waals surface area contributed by atoms with Gasteiger partial charge in [-0.25, -0.2) is 4.39 Å². The van der Waals surface area contributed by atoms with Crippen LogP contribution in [0.25, 0.3) is 0 Å². The molecule has 1 unspecified atom stereocenters. The van der Waals surface area contributed by atoms with Crippen molar-refractivity contribution >= 4 is 35.2 Å². The Hall–Kier alpha value is -2.84. The van der Waals surface area contributed by atoms with Crippen LogP contribution < -0.4 is 14.9 Å². The van der Waals surface area contributed by atoms with Crippen LogP contribution in [0.3, 0.4) is 0 Å². The largest absolute Gasteiger partial charge is 0.370 e. The van der Waals surface area contributed by atoms with Crippen LogP contribution in [0.4, 0.5) is 21.5 Å². The van der Waals surface area contributed by atoms with E-state index in [9.17, 15) is 4.39 Å². The van der Waals surface area contributed by atoms with Gasteiger partial charge in [0.2, 0.25) is 0 Å². The minimum absolute atomic E-state index is 0.264. The number of anilines is 3. The summed E-state index contributed by atoms with van der Waals surface area (Å²) in [5.41, 5.74) is 4.75. The summed E-state index contributed by atoms with van der Waals surface area (Å²) in [6, 6.07) is 10.8. The van der Waals surface area contributed by atoms with Gasteiger partial charge >= 0.3 is 0 Å². The van der Waals surface area contributed by atoms with Gasteiger partial charge in [0.15, 0.2) is 0 Å². The van der Waals surface area contributed by atoms with Gasteiger partial charge in [0.05, 0.1) is 11.1 Å². The third-order valence-electron chi connectivity index (χ3n) is 5.58. The number of hydrogen-bond donors (Lipinski definition) is 3. The number of rotatable bonds is 9. The zero-order valence-electron chi connectivity index (χ0n) is 18.4. The van der Waals surface area contributed by atoms with E-state index in [0.29, 0.717) is 6.04 Å². The first-order valence-corrected chi connectivity index (χ1v) is 11.7. The molecule has 2 heterocycles. The van der Waals surface area contributed by atoms with Crippen molar-refractivity contribution in [2.45, 2.75) is 44.2 Å². The van der Waals surface area contributed by atoms with E-state index in [0.717, 1.165) is 65.6 Å². The Balaban J connectivity index is 1.40. The molecule has 0 bridgehead atoms. The number of nitrogens with zero attached hydrogens (tertiary/aromatic N) is 3. The van der Waals surface area contributed by atoms with Crippen LogP contribution in [-0.2, 0) is 6.54 Å². The smallest absolute Gasteiger partial charge is 0.123 e. The van der Waals surface area contributed by atoms with Crippen molar-refractivity contribution < 1.29 is 4.39 Å². The standard InChI is InChI=1S/C24H29FN6S/c1-3-9-31-16-22(14-27-31)32-29-21-8-10-30(15-21)24-12-18(13-26)23(11-17(24)2)28-20-6-4-19(25)5-7-20/h4-7,11-14,16,21,26,28-29H,3,8-10,15H2,1-2H3. The molecule has 0 aliphatic carbocycles. The molecule has 0 amide bonds. The van der Waals surface area contributed by atoms with Gasteiger partial charge < -0.3 is 15.6 Å². The quantitative estimate of drug-likeness (QED) is 0.301. The fraction of sp³-hybridized carbons (Fsp3) is 0.333. The van der Waals surface area contributed by atoms with E-state index in [4.69, 9.17) is 5.41 Å². The average molecular weight is 453 g/mol. The number of aromatic nitrogens is 2. The fourth-order valence-corrected chi connectivity index (χ4v) is 4.71. The van der Waals surface area contributed by atoms with Gasteiger partial charge in [0, 0.05) is 60.7 Å². The van der Waals surface area contributed by atoms with Crippen molar-refractivity contribution in [1.29, 1.82) is 5.41 Å². The summed E-state index contributed by atoms with van der Waals surface area (Å²) >= 11 is 1.65. The molecule has 1 atom stereocenters. The second kappa shape index (κ2) is 10.2. The van der Waals surface area contributed by atoms with Crippen molar-refractivity contribution in [3.63, 3.8) is 0 Å². The lowest BCUT2D eigenvalue weighted by Crippen LogP contribution is -2.28. The van der Waals surface area contributed by atoms with Gasteiger partial charge in [-0.1, -0.05) is 6.92 Å². The second-order valence-corrected chi connectivity index (χ2v) is 9.00. The van der Waals surface area contributed by atoms with Crippen LogP contribution in [0.2, 0.25) is 0 Å². The highest BCUT2D eigenvalue weighted by atomic mass is 32.2. The summed E-state index contributed by atoms with van der Waals surface area (Å²) in [4.78, 5) is 3.51. The highest BCUT2D eigenvalue weighted by Gasteiger charge is 2.24. The molecule has 0 saturated carbocycles. The lowest BCUT2D eigenvalue weighted by atomic mass is 10.1. The lowest BCUT2D eigenvalue weighted by Gasteiger charge is -2.23. The van der Waals surface area contributed by atoms with Crippen molar-refractivity contribution in [2.24, 2.45) is 0 Å². The van der Waals surface area contributed by atoms with Crippen molar-refractivity contribution in [1.82, 2.24) is 14.5 Å². The Kier molecular flexibility index (Phi) is 7.12. The molecule has 1 aliphatic heterocycles. The third-order valence-corrected chi connectivity index (χ3v) is 6.48. The summed E-state index contributed by atoms with van der Waals surface area (Å²) in [5, 5.41) is 15.6. The van der Waals surface area contributed by atoms with Crippen molar-refractivity contribution in [2.75, 3.05) is 23.3 Å². The Bertz CT molecular complexity index is 1060. The molecule has 2 aromatic carbocycles. The van der Waals surface area contributed by atoms with E-state index in [1.807, 2.05) is 10.9 Å². The van der Waals surface area contributed by atoms with Crippen LogP contribution in [0.1, 0.15) is 30.9 Å². The molecule has 3 N–H and O–H groups in total. The number of benzene rings is 2. The SMILES string of the molecule is CCCn1cc(SNC2CCN(c3cc(C=N)c(Nc4ccc(F)cc4)cc3C)C2)cn1. The van der Waals surface area contributed by atoms with E-state index < -0.39 is 0 Å². The van der Waals surface area contributed by atoms with E-state index in [-0.39, 0.29) is 5.82 Å². The first-order valence-electron chi connectivity index (χ1n) is 10.9. The van der Waals surface area contributed by atoms with Crippen LogP contribution in [0, 0.1) is 18.2 Å². The van der Waals surface area contributed by atoms with E-state index >= 15 is 0 Å². The normalized spacial score (nSPS) is 15.8. The van der Waals surface area contributed by atoms with Crippen LogP contribution in [0.5, 0.6) is 0 Å². The molecular weight excluding hydrogens is 423 g/mol. The third kappa shape index (κ3) is 5.31. The van der Waals surface area contributed by atoms with Gasteiger partial charge in [-0.15, -0.1) is 0 Å². The number of halogens is 1. The molecule has 0 radical (unpaired) electrons. The molecule has 6 nitrogen and oxygen atoms in total. The highest BCUT2D eigenvalue weighted by Crippen LogP contribution is 2.31. The van der Waals surface area contributed by atoms with E-state index in [1.54, 1.807) is 24.1 Å². The maximum Gasteiger partial charge on any atom is 0.123 e. The summed E-state index contributed by atoms with van der Waals surface area (Å²) in [6.45, 7) is 7.07. The lowest BCUT2D eigenvalue weighted by molar-refractivity contribution is 0.602. The molecule has 1 saturated heterocycles. The Labute approximate surface area is 192 Å². The predicted molar refractivity (Wildman–Crippen MR) is 131 cm³/mol. The molecule has 1 aliphatic rings. The monoisotopic (exact) mass is 452 g/mol. The molecule has 4 rings (SSSR count). The van der Waals surface area contributed by atoms with Crippen LogP contribution in [0.15, 0.2) is 53.7 Å². The maximum atomic E-state index is 13.2. The maximum absolute atomic E-state index is 13.2. The molecule has 168 valence electrons. The zero-order valence-corrected chi connectivity index (χ0v) is 19.3. The predicted octanol–water partition coefficient (Wildman–Crippen LogP) is 5.36. The Morgan fingerprint density at radius 1 is 1.28 bits per heavy atom. The summed E-state index contributed by atoms with van der Waals surface area (Å²) in [7, 11) is 0. The molecule has 32 heavy (non-hydrogen) atoms. The molecule has 1 aromatic heterocycles. The Morgan fingerprint density at radius 3 is 2.84 bits per heavy atom.